The first kappa shape index (κ1) is 13.6. The summed E-state index contributed by atoms with van der Waals surface area (Å²) in [5.74, 6) is 0.602. The van der Waals surface area contributed by atoms with E-state index in [-0.39, 0.29) is 11.9 Å². The molecule has 0 bridgehead atoms. The van der Waals surface area contributed by atoms with Crippen molar-refractivity contribution in [1.29, 1.82) is 0 Å². The van der Waals surface area contributed by atoms with E-state index in [1.807, 2.05) is 32.0 Å². The predicted molar refractivity (Wildman–Crippen MR) is 82.1 cm³/mol. The van der Waals surface area contributed by atoms with Crippen molar-refractivity contribution < 1.29 is 9.53 Å². The number of aromatic nitrogens is 1. The Labute approximate surface area is 124 Å². The smallest absolute Gasteiger partial charge is 0.194 e. The average Bonchev–Trinajstić information content (AvgIpc) is 2.93. The fourth-order valence-electron chi connectivity index (χ4n) is 2.49. The van der Waals surface area contributed by atoms with Gasteiger partial charge in [-0.25, -0.2) is 0 Å². The standard InChI is InChI=1S/C17H18N2O2/c1-11(2)21-15-8-14(9-18-10-15)17(20)13-3-4-16-12(7-13)5-6-19-16/h3-4,7-11,19H,5-6H2,1-2H3. The predicted octanol–water partition coefficient (Wildman–Crippen LogP) is 3.07. The lowest BCUT2D eigenvalue weighted by molar-refractivity contribution is 0.103. The van der Waals surface area contributed by atoms with Gasteiger partial charge >= 0.3 is 0 Å². The number of carbonyl (C=O) groups excluding carboxylic acids is 1. The molecule has 2 heterocycles. The van der Waals surface area contributed by atoms with Gasteiger partial charge in [0.15, 0.2) is 5.78 Å². The van der Waals surface area contributed by atoms with E-state index in [0.29, 0.717) is 16.9 Å². The Bertz CT molecular complexity index is 680. The number of anilines is 1. The van der Waals surface area contributed by atoms with Crippen molar-refractivity contribution in [3.05, 3.63) is 53.3 Å². The molecule has 0 saturated carbocycles. The summed E-state index contributed by atoms with van der Waals surface area (Å²) in [5.41, 5.74) is 3.57. The second-order valence-corrected chi connectivity index (χ2v) is 5.45. The van der Waals surface area contributed by atoms with Gasteiger partial charge in [-0.1, -0.05) is 0 Å². The molecule has 0 aliphatic carbocycles. The number of fused-ring (bicyclic) bond motifs is 1. The van der Waals surface area contributed by atoms with Crippen molar-refractivity contribution in [1.82, 2.24) is 4.98 Å². The summed E-state index contributed by atoms with van der Waals surface area (Å²) in [7, 11) is 0. The van der Waals surface area contributed by atoms with Crippen molar-refractivity contribution in [3.8, 4) is 5.75 Å². The number of benzene rings is 1. The van der Waals surface area contributed by atoms with Crippen LogP contribution in [0.1, 0.15) is 35.3 Å². The van der Waals surface area contributed by atoms with E-state index >= 15 is 0 Å². The van der Waals surface area contributed by atoms with E-state index in [1.54, 1.807) is 18.5 Å². The molecule has 0 fully saturated rings. The maximum Gasteiger partial charge on any atom is 0.194 e. The first-order valence-electron chi connectivity index (χ1n) is 7.16. The lowest BCUT2D eigenvalue weighted by Gasteiger charge is -2.10. The molecular weight excluding hydrogens is 264 g/mol. The van der Waals surface area contributed by atoms with E-state index in [4.69, 9.17) is 4.74 Å². The molecule has 1 N–H and O–H groups in total. The molecule has 21 heavy (non-hydrogen) atoms. The maximum absolute atomic E-state index is 12.6. The third kappa shape index (κ3) is 2.89. The van der Waals surface area contributed by atoms with Crippen LogP contribution in [-0.2, 0) is 6.42 Å². The van der Waals surface area contributed by atoms with Gasteiger partial charge in [0.2, 0.25) is 0 Å². The quantitative estimate of drug-likeness (QED) is 0.876. The molecule has 108 valence electrons. The minimum Gasteiger partial charge on any atom is -0.489 e. The van der Waals surface area contributed by atoms with Crippen molar-refractivity contribution in [2.75, 3.05) is 11.9 Å². The van der Waals surface area contributed by atoms with Crippen molar-refractivity contribution >= 4 is 11.5 Å². The van der Waals surface area contributed by atoms with Crippen molar-refractivity contribution in [2.24, 2.45) is 0 Å². The van der Waals surface area contributed by atoms with Crippen LogP contribution in [0.2, 0.25) is 0 Å². The van der Waals surface area contributed by atoms with E-state index in [2.05, 4.69) is 10.3 Å². The molecular formula is C17H18N2O2. The number of pyridine rings is 1. The van der Waals surface area contributed by atoms with Crippen LogP contribution in [0.25, 0.3) is 0 Å². The first-order valence-corrected chi connectivity index (χ1v) is 7.16. The largest absolute Gasteiger partial charge is 0.489 e. The molecule has 0 spiro atoms. The van der Waals surface area contributed by atoms with Gasteiger partial charge in [0, 0.05) is 29.6 Å². The molecule has 4 heteroatoms. The summed E-state index contributed by atoms with van der Waals surface area (Å²) < 4.78 is 5.59. The summed E-state index contributed by atoms with van der Waals surface area (Å²) in [4.78, 5) is 16.7. The van der Waals surface area contributed by atoms with Gasteiger partial charge in [0.25, 0.3) is 0 Å². The summed E-state index contributed by atoms with van der Waals surface area (Å²) in [6, 6.07) is 7.54. The Morgan fingerprint density at radius 3 is 2.90 bits per heavy atom. The molecule has 2 aromatic rings. The van der Waals surface area contributed by atoms with Crippen molar-refractivity contribution in [3.63, 3.8) is 0 Å². The summed E-state index contributed by atoms with van der Waals surface area (Å²) in [5, 5.41) is 3.29. The molecule has 1 aromatic carbocycles. The van der Waals surface area contributed by atoms with E-state index in [1.165, 1.54) is 5.56 Å². The van der Waals surface area contributed by atoms with Crippen LogP contribution in [0.15, 0.2) is 36.7 Å². The normalized spacial score (nSPS) is 12.9. The molecule has 1 aliphatic heterocycles. The average molecular weight is 282 g/mol. The Hall–Kier alpha value is -2.36. The highest BCUT2D eigenvalue weighted by atomic mass is 16.5. The zero-order valence-electron chi connectivity index (χ0n) is 12.2. The number of hydrogen-bond donors (Lipinski definition) is 1. The van der Waals surface area contributed by atoms with E-state index < -0.39 is 0 Å². The molecule has 1 aromatic heterocycles. The summed E-state index contributed by atoms with van der Waals surface area (Å²) in [6.07, 6.45) is 4.23. The number of nitrogens with one attached hydrogen (secondary N) is 1. The lowest BCUT2D eigenvalue weighted by Crippen LogP contribution is -2.08. The zero-order valence-corrected chi connectivity index (χ0v) is 12.2. The number of hydrogen-bond acceptors (Lipinski definition) is 4. The summed E-state index contributed by atoms with van der Waals surface area (Å²) >= 11 is 0. The van der Waals surface area contributed by atoms with Crippen LogP contribution in [0.3, 0.4) is 0 Å². The maximum atomic E-state index is 12.6. The minimum absolute atomic E-state index is 0.0218. The second-order valence-electron chi connectivity index (χ2n) is 5.45. The number of rotatable bonds is 4. The monoisotopic (exact) mass is 282 g/mol. The molecule has 0 saturated heterocycles. The lowest BCUT2D eigenvalue weighted by atomic mass is 10.0. The molecule has 0 atom stereocenters. The highest BCUT2D eigenvalue weighted by Gasteiger charge is 2.15. The second kappa shape index (κ2) is 5.56. The van der Waals surface area contributed by atoms with Gasteiger partial charge in [-0.2, -0.15) is 0 Å². The van der Waals surface area contributed by atoms with Crippen LogP contribution in [0, 0.1) is 0 Å². The minimum atomic E-state index is -0.0218. The Morgan fingerprint density at radius 2 is 2.10 bits per heavy atom. The van der Waals surface area contributed by atoms with Crippen LogP contribution >= 0.6 is 0 Å². The Morgan fingerprint density at radius 1 is 1.24 bits per heavy atom. The number of nitrogens with zero attached hydrogens (tertiary/aromatic N) is 1. The number of carbonyl (C=O) groups is 1. The molecule has 3 rings (SSSR count). The van der Waals surface area contributed by atoms with Crippen LogP contribution in [-0.4, -0.2) is 23.4 Å². The Kier molecular flexibility index (Phi) is 3.60. The molecule has 1 aliphatic rings. The third-order valence-corrected chi connectivity index (χ3v) is 3.42. The zero-order chi connectivity index (χ0) is 14.8. The number of ketones is 1. The molecule has 0 radical (unpaired) electrons. The topological polar surface area (TPSA) is 51.2 Å². The van der Waals surface area contributed by atoms with Crippen LogP contribution < -0.4 is 10.1 Å². The fraction of sp³-hybridized carbons (Fsp3) is 0.294. The van der Waals surface area contributed by atoms with Gasteiger partial charge in [-0.3, -0.25) is 9.78 Å². The van der Waals surface area contributed by atoms with E-state index in [0.717, 1.165) is 18.7 Å². The summed E-state index contributed by atoms with van der Waals surface area (Å²) in [6.45, 7) is 4.83. The fourth-order valence-corrected chi connectivity index (χ4v) is 2.49. The van der Waals surface area contributed by atoms with Gasteiger partial charge < -0.3 is 10.1 Å². The first-order chi connectivity index (χ1) is 10.1. The molecule has 0 amide bonds. The van der Waals surface area contributed by atoms with E-state index in [9.17, 15) is 4.79 Å². The highest BCUT2D eigenvalue weighted by Crippen LogP contribution is 2.24. The van der Waals surface area contributed by atoms with Gasteiger partial charge in [0.1, 0.15) is 5.75 Å². The number of ether oxygens (including phenoxy) is 1. The molecule has 0 unspecified atom stereocenters. The third-order valence-electron chi connectivity index (χ3n) is 3.42. The molecule has 4 nitrogen and oxygen atoms in total. The SMILES string of the molecule is CC(C)Oc1cncc(C(=O)c2ccc3c(c2)CCN3)c1. The highest BCUT2D eigenvalue weighted by molar-refractivity contribution is 6.09. The van der Waals surface area contributed by atoms with Gasteiger partial charge in [0.05, 0.1) is 12.3 Å². The van der Waals surface area contributed by atoms with Gasteiger partial charge in [-0.15, -0.1) is 0 Å². The Balaban J connectivity index is 1.88. The van der Waals surface area contributed by atoms with Gasteiger partial charge in [-0.05, 0) is 50.1 Å². The van der Waals surface area contributed by atoms with Crippen molar-refractivity contribution in [2.45, 2.75) is 26.4 Å². The van der Waals surface area contributed by atoms with Crippen LogP contribution in [0.4, 0.5) is 5.69 Å². The van der Waals surface area contributed by atoms with Crippen LogP contribution in [0.5, 0.6) is 5.75 Å².